The van der Waals surface area contributed by atoms with Crippen LogP contribution in [0.1, 0.15) is 69.3 Å². The van der Waals surface area contributed by atoms with E-state index in [0.29, 0.717) is 12.0 Å². The van der Waals surface area contributed by atoms with Crippen LogP contribution < -0.4 is 16.0 Å². The van der Waals surface area contributed by atoms with Gasteiger partial charge in [0.2, 0.25) is 0 Å². The summed E-state index contributed by atoms with van der Waals surface area (Å²) in [6.45, 7) is 1.97. The molecule has 4 rings (SSSR count). The largest absolute Gasteiger partial charge is 0.335 e. The topological polar surface area (TPSA) is 108 Å². The molecule has 8 nitrogen and oxygen atoms in total. The van der Waals surface area contributed by atoms with Gasteiger partial charge in [0.15, 0.2) is 5.82 Å². The molecular formula is C22H33N7O. The Balaban J connectivity index is 1.21. The van der Waals surface area contributed by atoms with Crippen LogP contribution in [0.2, 0.25) is 0 Å². The normalized spacial score (nSPS) is 22.4. The van der Waals surface area contributed by atoms with Crippen molar-refractivity contribution in [3.05, 3.63) is 29.8 Å². The van der Waals surface area contributed by atoms with Crippen LogP contribution in [0.3, 0.4) is 0 Å². The fourth-order valence-electron chi connectivity index (χ4n) is 4.61. The van der Waals surface area contributed by atoms with E-state index < -0.39 is 0 Å². The van der Waals surface area contributed by atoms with E-state index in [1.165, 1.54) is 19.3 Å². The number of nitrogens with zero attached hydrogens (tertiary/aromatic N) is 3. The number of carbonyl (C=O) groups excluding carboxylic acids is 1. The fourth-order valence-corrected chi connectivity index (χ4v) is 4.61. The average molecular weight is 412 g/mol. The molecule has 0 atom stereocenters. The van der Waals surface area contributed by atoms with Crippen molar-refractivity contribution >= 4 is 17.7 Å². The maximum Gasteiger partial charge on any atom is 0.315 e. The van der Waals surface area contributed by atoms with Gasteiger partial charge in [-0.3, -0.25) is 5.10 Å². The van der Waals surface area contributed by atoms with Crippen molar-refractivity contribution in [3.63, 3.8) is 0 Å². The quantitative estimate of drug-likeness (QED) is 0.575. The van der Waals surface area contributed by atoms with Crippen LogP contribution in [0.5, 0.6) is 0 Å². The first-order valence-electron chi connectivity index (χ1n) is 11.3. The van der Waals surface area contributed by atoms with Gasteiger partial charge in [-0.2, -0.15) is 5.10 Å². The molecular weight excluding hydrogens is 378 g/mol. The van der Waals surface area contributed by atoms with Crippen molar-refractivity contribution in [1.82, 2.24) is 30.8 Å². The van der Waals surface area contributed by atoms with Gasteiger partial charge in [-0.05, 0) is 57.4 Å². The monoisotopic (exact) mass is 411 g/mol. The molecule has 0 unspecified atom stereocenters. The molecule has 0 saturated heterocycles. The number of hydrogen-bond donors (Lipinski definition) is 4. The van der Waals surface area contributed by atoms with Crippen LogP contribution in [0.4, 0.5) is 16.4 Å². The summed E-state index contributed by atoms with van der Waals surface area (Å²) < 4.78 is 0. The molecule has 2 aromatic rings. The van der Waals surface area contributed by atoms with Crippen molar-refractivity contribution in [2.75, 3.05) is 5.32 Å². The Morgan fingerprint density at radius 2 is 1.77 bits per heavy atom. The molecule has 8 heteroatoms. The molecule has 2 amide bonds. The minimum absolute atomic E-state index is 0.0149. The van der Waals surface area contributed by atoms with Crippen molar-refractivity contribution in [2.45, 2.75) is 83.2 Å². The lowest BCUT2D eigenvalue weighted by Gasteiger charge is -2.30. The average Bonchev–Trinajstić information content (AvgIpc) is 3.15. The second kappa shape index (κ2) is 9.91. The van der Waals surface area contributed by atoms with Gasteiger partial charge in [0.25, 0.3) is 0 Å². The van der Waals surface area contributed by atoms with Crippen LogP contribution in [0.25, 0.3) is 0 Å². The third-order valence-corrected chi connectivity index (χ3v) is 6.26. The first-order chi connectivity index (χ1) is 14.6. The highest BCUT2D eigenvalue weighted by molar-refractivity contribution is 5.74. The van der Waals surface area contributed by atoms with E-state index in [-0.39, 0.29) is 12.1 Å². The molecule has 0 spiro atoms. The third kappa shape index (κ3) is 5.93. The minimum atomic E-state index is 0.0149. The number of hydrogen-bond acceptors (Lipinski definition) is 5. The number of aryl methyl sites for hydroxylation is 1. The van der Waals surface area contributed by atoms with Gasteiger partial charge < -0.3 is 16.0 Å². The molecule has 162 valence electrons. The summed E-state index contributed by atoms with van der Waals surface area (Å²) in [5.74, 6) is 2.95. The molecule has 0 aliphatic heterocycles. The number of H-pyrrole nitrogens is 1. The van der Waals surface area contributed by atoms with Gasteiger partial charge >= 0.3 is 6.03 Å². The number of rotatable bonds is 6. The molecule has 2 aromatic heterocycles. The highest BCUT2D eigenvalue weighted by Gasteiger charge is 2.24. The lowest BCUT2D eigenvalue weighted by molar-refractivity contribution is 0.219. The van der Waals surface area contributed by atoms with Crippen LogP contribution >= 0.6 is 0 Å². The van der Waals surface area contributed by atoms with Crippen molar-refractivity contribution in [3.8, 4) is 0 Å². The summed E-state index contributed by atoms with van der Waals surface area (Å²) >= 11 is 0. The fraction of sp³-hybridized carbons (Fsp3) is 0.636. The lowest BCUT2D eigenvalue weighted by atomic mass is 9.84. The van der Waals surface area contributed by atoms with Crippen LogP contribution in [-0.2, 0) is 6.42 Å². The van der Waals surface area contributed by atoms with E-state index in [1.54, 1.807) is 6.20 Å². The number of aromatic amines is 1. The van der Waals surface area contributed by atoms with Crippen LogP contribution in [0, 0.1) is 12.8 Å². The molecule has 2 fully saturated rings. The molecule has 2 saturated carbocycles. The number of aromatic nitrogens is 4. The Morgan fingerprint density at radius 1 is 1.03 bits per heavy atom. The lowest BCUT2D eigenvalue weighted by Crippen LogP contribution is -2.47. The maximum atomic E-state index is 12.3. The summed E-state index contributed by atoms with van der Waals surface area (Å²) in [5, 5.41) is 16.7. The number of nitrogens with one attached hydrogen (secondary N) is 4. The van der Waals surface area contributed by atoms with Gasteiger partial charge in [0.1, 0.15) is 11.6 Å². The molecule has 0 bridgehead atoms. The Kier molecular flexibility index (Phi) is 6.81. The molecule has 2 aliphatic carbocycles. The van der Waals surface area contributed by atoms with E-state index in [0.717, 1.165) is 68.1 Å². The van der Waals surface area contributed by atoms with E-state index in [4.69, 9.17) is 0 Å². The highest BCUT2D eigenvalue weighted by Crippen LogP contribution is 2.27. The first kappa shape index (κ1) is 20.6. The summed E-state index contributed by atoms with van der Waals surface area (Å²) in [6.07, 6.45) is 12.9. The zero-order valence-electron chi connectivity index (χ0n) is 17.8. The van der Waals surface area contributed by atoms with Crippen LogP contribution in [0.15, 0.2) is 18.3 Å². The van der Waals surface area contributed by atoms with E-state index in [9.17, 15) is 4.79 Å². The number of urea groups is 1. The van der Waals surface area contributed by atoms with E-state index in [2.05, 4.69) is 36.1 Å². The molecule has 0 radical (unpaired) electrons. The number of carbonyl (C=O) groups is 1. The zero-order chi connectivity index (χ0) is 20.8. The minimum Gasteiger partial charge on any atom is -0.335 e. The van der Waals surface area contributed by atoms with Crippen molar-refractivity contribution < 1.29 is 4.79 Å². The van der Waals surface area contributed by atoms with E-state index in [1.807, 2.05) is 19.1 Å². The first-order valence-corrected chi connectivity index (χ1v) is 11.3. The SMILES string of the molecule is Cc1cc(Nc2ccnc(C[C@H]3CC[C@H](NC(=O)NC4CCCCC4)CC3)n2)n[nH]1. The Bertz CT molecular complexity index is 822. The number of amides is 2. The molecule has 30 heavy (non-hydrogen) atoms. The van der Waals surface area contributed by atoms with Gasteiger partial charge in [0.05, 0.1) is 0 Å². The highest BCUT2D eigenvalue weighted by atomic mass is 16.2. The summed E-state index contributed by atoms with van der Waals surface area (Å²) in [4.78, 5) is 21.4. The van der Waals surface area contributed by atoms with Gasteiger partial charge in [0, 0.05) is 36.5 Å². The van der Waals surface area contributed by atoms with Gasteiger partial charge in [-0.15, -0.1) is 0 Å². The Labute approximate surface area is 178 Å². The van der Waals surface area contributed by atoms with Gasteiger partial charge in [-0.25, -0.2) is 14.8 Å². The third-order valence-electron chi connectivity index (χ3n) is 6.26. The summed E-state index contributed by atoms with van der Waals surface area (Å²) in [5.41, 5.74) is 1.00. The standard InChI is InChI=1S/C22H33N7O/c1-15-13-21(29-28-15)27-19-11-12-23-20(26-19)14-16-7-9-18(10-8-16)25-22(30)24-17-5-3-2-4-6-17/h11-13,16-18H,2-10,14H2,1H3,(H2,24,25,30)(H2,23,26,27,28,29)/t16-,18-. The molecule has 2 heterocycles. The zero-order valence-corrected chi connectivity index (χ0v) is 17.8. The van der Waals surface area contributed by atoms with Crippen LogP contribution in [-0.4, -0.2) is 38.3 Å². The number of anilines is 2. The predicted molar refractivity (Wildman–Crippen MR) is 117 cm³/mol. The smallest absolute Gasteiger partial charge is 0.315 e. The second-order valence-corrected chi connectivity index (χ2v) is 8.79. The Morgan fingerprint density at radius 3 is 2.47 bits per heavy atom. The van der Waals surface area contributed by atoms with E-state index >= 15 is 0 Å². The van der Waals surface area contributed by atoms with Gasteiger partial charge in [-0.1, -0.05) is 19.3 Å². The molecule has 4 N–H and O–H groups in total. The molecule has 0 aromatic carbocycles. The summed E-state index contributed by atoms with van der Waals surface area (Å²) in [6, 6.07) is 4.46. The predicted octanol–water partition coefficient (Wildman–Crippen LogP) is 3.98. The van der Waals surface area contributed by atoms with Crippen molar-refractivity contribution in [2.24, 2.45) is 5.92 Å². The Hall–Kier alpha value is -2.64. The molecule has 2 aliphatic rings. The summed E-state index contributed by atoms with van der Waals surface area (Å²) in [7, 11) is 0. The second-order valence-electron chi connectivity index (χ2n) is 8.79. The van der Waals surface area contributed by atoms with Crippen molar-refractivity contribution in [1.29, 1.82) is 0 Å². The maximum absolute atomic E-state index is 12.3.